The first-order chi connectivity index (χ1) is 19.5. The Labute approximate surface area is 236 Å². The Hall–Kier alpha value is -3.92. The van der Waals surface area contributed by atoms with Crippen molar-refractivity contribution >= 4 is 52.1 Å². The standard InChI is InChI=1S/C25H26ClFN6O8/c26-23-30-19(28)17-20(31-23)33(12-29-17)25(27)11-40-15(18(25)35)10-41-24(21(36)37,22(38)39)9-13-4-6-14(7-5-13)32-8-2-1-3-16(32)34/h4-7,12,15,18,35H,1-3,8-11H2,(H,36,37)(H,38,39)(H2,28,30,31)/t15-,18-,25-/m1/s1. The topological polar surface area (TPSA) is 203 Å². The summed E-state index contributed by atoms with van der Waals surface area (Å²) in [7, 11) is 0. The van der Waals surface area contributed by atoms with Crippen LogP contribution in [0.15, 0.2) is 30.6 Å². The molecule has 2 saturated heterocycles. The zero-order valence-corrected chi connectivity index (χ0v) is 22.2. The Morgan fingerprint density at radius 2 is 1.93 bits per heavy atom. The molecule has 5 N–H and O–H groups in total. The maximum Gasteiger partial charge on any atom is 0.348 e. The molecule has 16 heteroatoms. The molecule has 14 nitrogen and oxygen atoms in total. The molecule has 218 valence electrons. The van der Waals surface area contributed by atoms with Gasteiger partial charge in [0.1, 0.15) is 24.3 Å². The van der Waals surface area contributed by atoms with E-state index in [-0.39, 0.29) is 28.2 Å². The number of carboxylic acid groups (broad SMARTS) is 2. The van der Waals surface area contributed by atoms with Crippen molar-refractivity contribution < 1.29 is 43.6 Å². The summed E-state index contributed by atoms with van der Waals surface area (Å²) in [6, 6.07) is 6.23. The third-order valence-corrected chi connectivity index (χ3v) is 7.48. The number of ether oxygens (including phenoxy) is 2. The van der Waals surface area contributed by atoms with Crippen LogP contribution in [0.2, 0.25) is 5.28 Å². The first kappa shape index (κ1) is 28.6. The van der Waals surface area contributed by atoms with Crippen molar-refractivity contribution in [2.24, 2.45) is 0 Å². The Kier molecular flexibility index (Phi) is 7.54. The number of carboxylic acids is 2. The number of aliphatic hydroxyl groups is 1. The van der Waals surface area contributed by atoms with Crippen LogP contribution in [0.4, 0.5) is 15.9 Å². The first-order valence-corrected chi connectivity index (χ1v) is 13.0. The number of piperidine rings is 1. The number of amides is 1. The smallest absolute Gasteiger partial charge is 0.348 e. The molecule has 2 fully saturated rings. The van der Waals surface area contributed by atoms with Gasteiger partial charge < -0.3 is 35.4 Å². The lowest BCUT2D eigenvalue weighted by atomic mass is 9.93. The fourth-order valence-corrected chi connectivity index (χ4v) is 5.18. The number of hydrogen-bond acceptors (Lipinski definition) is 10. The van der Waals surface area contributed by atoms with Crippen molar-refractivity contribution in [1.82, 2.24) is 19.5 Å². The minimum atomic E-state index is -2.79. The minimum Gasteiger partial charge on any atom is -0.479 e. The molecule has 3 aromatic rings. The number of halogens is 2. The monoisotopic (exact) mass is 592 g/mol. The maximum absolute atomic E-state index is 16.1. The van der Waals surface area contributed by atoms with E-state index in [0.717, 1.165) is 23.7 Å². The molecule has 41 heavy (non-hydrogen) atoms. The number of nitrogens with two attached hydrogens (primary N) is 1. The second kappa shape index (κ2) is 10.8. The molecule has 4 heterocycles. The van der Waals surface area contributed by atoms with Gasteiger partial charge in [0.2, 0.25) is 17.0 Å². The number of nitrogen functional groups attached to an aromatic ring is 1. The van der Waals surface area contributed by atoms with Gasteiger partial charge in [0.05, 0.1) is 12.9 Å². The zero-order chi connectivity index (χ0) is 29.5. The van der Waals surface area contributed by atoms with Gasteiger partial charge in [0, 0.05) is 25.1 Å². The Morgan fingerprint density at radius 1 is 1.22 bits per heavy atom. The number of imidazole rings is 1. The van der Waals surface area contributed by atoms with Crippen LogP contribution in [0.3, 0.4) is 0 Å². The van der Waals surface area contributed by atoms with Crippen LogP contribution >= 0.6 is 11.6 Å². The number of carbonyl (C=O) groups excluding carboxylic acids is 1. The van der Waals surface area contributed by atoms with Crippen LogP contribution in [0.25, 0.3) is 11.2 Å². The fourth-order valence-electron chi connectivity index (χ4n) is 5.00. The van der Waals surface area contributed by atoms with Crippen molar-refractivity contribution in [3.8, 4) is 0 Å². The molecular formula is C25H26ClFN6O8. The summed E-state index contributed by atoms with van der Waals surface area (Å²) in [4.78, 5) is 50.0. The zero-order valence-electron chi connectivity index (χ0n) is 21.4. The number of rotatable bonds is 9. The van der Waals surface area contributed by atoms with Gasteiger partial charge in [-0.1, -0.05) is 12.1 Å². The van der Waals surface area contributed by atoms with Gasteiger partial charge in [-0.15, -0.1) is 0 Å². The molecule has 1 aromatic carbocycles. The van der Waals surface area contributed by atoms with Crippen LogP contribution in [0, 0.1) is 0 Å². The predicted octanol–water partition coefficient (Wildman–Crippen LogP) is 1.13. The Bertz CT molecular complexity index is 1490. The number of fused-ring (bicyclic) bond motifs is 1. The largest absolute Gasteiger partial charge is 0.479 e. The molecule has 0 radical (unpaired) electrons. The summed E-state index contributed by atoms with van der Waals surface area (Å²) >= 11 is 5.84. The van der Waals surface area contributed by atoms with E-state index in [1.807, 2.05) is 0 Å². The molecule has 0 saturated carbocycles. The number of nitrogens with zero attached hydrogens (tertiary/aromatic N) is 5. The summed E-state index contributed by atoms with van der Waals surface area (Å²) in [6.07, 6.45) is -0.890. The third-order valence-electron chi connectivity index (χ3n) is 7.31. The number of aliphatic hydroxyl groups excluding tert-OH is 1. The lowest BCUT2D eigenvalue weighted by Gasteiger charge is -2.29. The molecule has 3 atom stereocenters. The van der Waals surface area contributed by atoms with E-state index in [9.17, 15) is 29.7 Å². The highest BCUT2D eigenvalue weighted by atomic mass is 35.5. The van der Waals surface area contributed by atoms with Gasteiger partial charge in [0.25, 0.3) is 5.60 Å². The van der Waals surface area contributed by atoms with E-state index in [1.165, 1.54) is 12.1 Å². The van der Waals surface area contributed by atoms with E-state index < -0.39 is 55.2 Å². The summed E-state index contributed by atoms with van der Waals surface area (Å²) in [5, 5.41) is 30.4. The molecule has 0 unspecified atom stereocenters. The number of benzene rings is 1. The van der Waals surface area contributed by atoms with Crippen LogP contribution in [0.1, 0.15) is 24.8 Å². The van der Waals surface area contributed by atoms with Gasteiger partial charge in [0.15, 0.2) is 11.5 Å². The Morgan fingerprint density at radius 3 is 2.59 bits per heavy atom. The van der Waals surface area contributed by atoms with Crippen LogP contribution in [0.5, 0.6) is 0 Å². The highest BCUT2D eigenvalue weighted by Crippen LogP contribution is 2.37. The molecule has 0 bridgehead atoms. The van der Waals surface area contributed by atoms with E-state index in [1.54, 1.807) is 17.0 Å². The van der Waals surface area contributed by atoms with E-state index in [2.05, 4.69) is 15.0 Å². The molecule has 0 aliphatic carbocycles. The minimum absolute atomic E-state index is 0.0282. The maximum atomic E-state index is 16.1. The van der Waals surface area contributed by atoms with Crippen molar-refractivity contribution in [2.75, 3.05) is 30.4 Å². The molecular weight excluding hydrogens is 567 g/mol. The predicted molar refractivity (Wildman–Crippen MR) is 140 cm³/mol. The highest BCUT2D eigenvalue weighted by molar-refractivity contribution is 6.28. The van der Waals surface area contributed by atoms with Crippen molar-refractivity contribution in [1.29, 1.82) is 0 Å². The lowest BCUT2D eigenvalue weighted by molar-refractivity contribution is -0.188. The van der Waals surface area contributed by atoms with Crippen molar-refractivity contribution in [2.45, 2.75) is 49.3 Å². The summed E-state index contributed by atoms with van der Waals surface area (Å²) in [6.45, 7) is -0.952. The van der Waals surface area contributed by atoms with Gasteiger partial charge >= 0.3 is 11.9 Å². The summed E-state index contributed by atoms with van der Waals surface area (Å²) in [5.74, 6) is -6.40. The third kappa shape index (κ3) is 5.05. The van der Waals surface area contributed by atoms with Gasteiger partial charge in [-0.3, -0.25) is 9.36 Å². The first-order valence-electron chi connectivity index (χ1n) is 12.6. The quantitative estimate of drug-likeness (QED) is 0.204. The number of carbonyl (C=O) groups is 3. The van der Waals surface area contributed by atoms with E-state index in [0.29, 0.717) is 24.2 Å². The molecule has 2 aromatic heterocycles. The van der Waals surface area contributed by atoms with E-state index in [4.69, 9.17) is 26.8 Å². The second-order valence-electron chi connectivity index (χ2n) is 9.87. The van der Waals surface area contributed by atoms with E-state index >= 15 is 4.39 Å². The number of aliphatic carboxylic acids is 2. The second-order valence-corrected chi connectivity index (χ2v) is 10.2. The van der Waals surface area contributed by atoms with Gasteiger partial charge in [-0.2, -0.15) is 9.97 Å². The summed E-state index contributed by atoms with van der Waals surface area (Å²) in [5.41, 5.74) is 3.80. The van der Waals surface area contributed by atoms with Crippen LogP contribution < -0.4 is 10.6 Å². The molecule has 2 aliphatic heterocycles. The average molecular weight is 593 g/mol. The van der Waals surface area contributed by atoms with Gasteiger partial charge in [-0.05, 0) is 42.1 Å². The average Bonchev–Trinajstić information content (AvgIpc) is 3.49. The number of hydrogen-bond donors (Lipinski definition) is 4. The molecule has 2 aliphatic rings. The molecule has 1 amide bonds. The van der Waals surface area contributed by atoms with Crippen LogP contribution in [-0.2, 0) is 36.1 Å². The van der Waals surface area contributed by atoms with Crippen LogP contribution in [-0.4, -0.2) is 90.3 Å². The SMILES string of the molecule is Nc1nc(Cl)nc2c1ncn2[C@]1(F)CO[C@H](COC(Cc2ccc(N3CCCCC3=O)cc2)(C(=O)O)C(=O)O)[C@H]1O. The lowest BCUT2D eigenvalue weighted by Crippen LogP contribution is -2.53. The number of alkyl halides is 1. The van der Waals surface area contributed by atoms with Crippen molar-refractivity contribution in [3.05, 3.63) is 41.4 Å². The number of aromatic nitrogens is 4. The van der Waals surface area contributed by atoms with Gasteiger partial charge in [-0.25, -0.2) is 19.0 Å². The van der Waals surface area contributed by atoms with Crippen molar-refractivity contribution in [3.63, 3.8) is 0 Å². The fraction of sp³-hybridized carbons (Fsp3) is 0.440. The molecule has 0 spiro atoms. The molecule has 5 rings (SSSR count). The normalized spacial score (nSPS) is 23.3. The summed E-state index contributed by atoms with van der Waals surface area (Å²) < 4.78 is 27.8. The Balaban J connectivity index is 1.34. The highest BCUT2D eigenvalue weighted by Gasteiger charge is 2.55. The number of anilines is 2.